The van der Waals surface area contributed by atoms with Gasteiger partial charge >= 0.3 is 0 Å². The summed E-state index contributed by atoms with van der Waals surface area (Å²) in [5.74, 6) is -1.67. The van der Waals surface area contributed by atoms with E-state index < -0.39 is 11.6 Å². The fourth-order valence-electron chi connectivity index (χ4n) is 0.734. The molecule has 0 aliphatic heterocycles. The van der Waals surface area contributed by atoms with E-state index in [9.17, 15) is 9.18 Å². The molecule has 0 heterocycles. The minimum absolute atomic E-state index is 0.196. The summed E-state index contributed by atoms with van der Waals surface area (Å²) in [7, 11) is 0. The van der Waals surface area contributed by atoms with Crippen molar-refractivity contribution in [3.05, 3.63) is 34.6 Å². The number of carbonyl (C=O) groups is 1. The van der Waals surface area contributed by atoms with Crippen LogP contribution in [0, 0.1) is 17.1 Å². The molecule has 1 aromatic rings. The Balaban J connectivity index is 3.20. The van der Waals surface area contributed by atoms with E-state index in [1.807, 2.05) is 0 Å². The van der Waals surface area contributed by atoms with Crippen molar-refractivity contribution in [1.82, 2.24) is 0 Å². The zero-order chi connectivity index (χ0) is 9.14. The highest BCUT2D eigenvalue weighted by Gasteiger charge is 2.10. The number of nitrogens with zero attached hydrogens (tertiary/aromatic N) is 1. The number of hydrogen-bond acceptors (Lipinski definition) is 2. The molecule has 0 bridgehead atoms. The predicted octanol–water partition coefficient (Wildman–Crippen LogP) is 2.19. The zero-order valence-corrected chi connectivity index (χ0v) is 6.60. The van der Waals surface area contributed by atoms with Gasteiger partial charge in [-0.15, -0.1) is 0 Å². The van der Waals surface area contributed by atoms with Gasteiger partial charge in [-0.2, -0.15) is 5.26 Å². The van der Waals surface area contributed by atoms with Gasteiger partial charge < -0.3 is 0 Å². The van der Waals surface area contributed by atoms with Crippen molar-refractivity contribution in [2.24, 2.45) is 0 Å². The summed E-state index contributed by atoms with van der Waals surface area (Å²) in [5, 5.41) is 8.38. The number of carbonyl (C=O) groups excluding carboxylic acids is 1. The molecule has 0 aromatic heterocycles. The molecule has 0 aliphatic rings. The van der Waals surface area contributed by atoms with Crippen molar-refractivity contribution in [1.29, 1.82) is 5.26 Å². The predicted molar refractivity (Wildman–Crippen MR) is 41.4 cm³/mol. The summed E-state index contributed by atoms with van der Waals surface area (Å²) >= 11 is 5.43. The first-order valence-corrected chi connectivity index (χ1v) is 3.42. The lowest BCUT2D eigenvalue weighted by molar-refractivity contribution is 0.105. The van der Waals surface area contributed by atoms with E-state index in [-0.39, 0.29) is 10.6 Å². The zero-order valence-electron chi connectivity index (χ0n) is 5.84. The van der Waals surface area contributed by atoms with Gasteiger partial charge in [0.25, 0.3) is 5.78 Å². The molecule has 0 N–H and O–H groups in total. The molecule has 2 nitrogen and oxygen atoms in total. The maximum Gasteiger partial charge on any atom is 0.265 e. The van der Waals surface area contributed by atoms with E-state index in [0.717, 1.165) is 6.07 Å². The Kier molecular flexibility index (Phi) is 2.41. The van der Waals surface area contributed by atoms with Crippen molar-refractivity contribution in [3.8, 4) is 6.07 Å². The number of benzene rings is 1. The molecule has 0 radical (unpaired) electrons. The van der Waals surface area contributed by atoms with Crippen molar-refractivity contribution in [3.63, 3.8) is 0 Å². The van der Waals surface area contributed by atoms with Crippen LogP contribution in [0.15, 0.2) is 18.2 Å². The van der Waals surface area contributed by atoms with Gasteiger partial charge in [0, 0.05) is 5.02 Å². The molecule has 4 heteroatoms. The van der Waals surface area contributed by atoms with Gasteiger partial charge in [-0.05, 0) is 18.2 Å². The van der Waals surface area contributed by atoms with Crippen molar-refractivity contribution in [2.45, 2.75) is 0 Å². The second-order valence-corrected chi connectivity index (χ2v) is 2.50. The van der Waals surface area contributed by atoms with Crippen LogP contribution in [-0.2, 0) is 0 Å². The minimum Gasteiger partial charge on any atom is -0.277 e. The van der Waals surface area contributed by atoms with Gasteiger partial charge in [-0.1, -0.05) is 11.6 Å². The fourth-order valence-corrected chi connectivity index (χ4v) is 0.893. The summed E-state index contributed by atoms with van der Waals surface area (Å²) in [6.45, 7) is 0. The lowest BCUT2D eigenvalue weighted by atomic mass is 10.1. The van der Waals surface area contributed by atoms with Gasteiger partial charge in [-0.3, -0.25) is 4.79 Å². The molecule has 0 fully saturated rings. The second-order valence-electron chi connectivity index (χ2n) is 2.07. The number of ketones is 1. The van der Waals surface area contributed by atoms with E-state index in [0.29, 0.717) is 0 Å². The van der Waals surface area contributed by atoms with Gasteiger partial charge in [0.2, 0.25) is 0 Å². The topological polar surface area (TPSA) is 40.9 Å². The largest absolute Gasteiger partial charge is 0.277 e. The highest BCUT2D eigenvalue weighted by molar-refractivity contribution is 6.30. The smallest absolute Gasteiger partial charge is 0.265 e. The summed E-state index contributed by atoms with van der Waals surface area (Å²) in [5.41, 5.74) is -0.248. The summed E-state index contributed by atoms with van der Waals surface area (Å²) < 4.78 is 12.8. The summed E-state index contributed by atoms with van der Waals surface area (Å²) in [6.07, 6.45) is 0. The molecule has 1 aromatic carbocycles. The van der Waals surface area contributed by atoms with E-state index in [1.165, 1.54) is 18.2 Å². The van der Waals surface area contributed by atoms with E-state index >= 15 is 0 Å². The molecule has 0 saturated carbocycles. The normalized spacial score (nSPS) is 9.08. The first-order valence-electron chi connectivity index (χ1n) is 3.04. The highest BCUT2D eigenvalue weighted by atomic mass is 35.5. The Morgan fingerprint density at radius 2 is 2.25 bits per heavy atom. The Bertz CT molecular complexity index is 370. The van der Waals surface area contributed by atoms with Crippen LogP contribution in [0.3, 0.4) is 0 Å². The maximum atomic E-state index is 12.8. The average Bonchev–Trinajstić information content (AvgIpc) is 2.03. The lowest BCUT2D eigenvalue weighted by Gasteiger charge is -1.95. The molecule has 12 heavy (non-hydrogen) atoms. The maximum absolute atomic E-state index is 12.8. The van der Waals surface area contributed by atoms with Gasteiger partial charge in [0.15, 0.2) is 0 Å². The second kappa shape index (κ2) is 3.33. The number of rotatable bonds is 1. The van der Waals surface area contributed by atoms with Gasteiger partial charge in [0.05, 0.1) is 5.56 Å². The highest BCUT2D eigenvalue weighted by Crippen LogP contribution is 2.14. The van der Waals surface area contributed by atoms with Crippen LogP contribution < -0.4 is 0 Å². The third-order valence-corrected chi connectivity index (χ3v) is 1.51. The van der Waals surface area contributed by atoms with E-state index in [1.54, 1.807) is 0 Å². The SMILES string of the molecule is N#CC(=O)c1ccc(Cl)cc1F. The summed E-state index contributed by atoms with van der Waals surface area (Å²) in [6, 6.07) is 4.85. The molecule has 0 aliphatic carbocycles. The monoisotopic (exact) mass is 183 g/mol. The number of hydrogen-bond donors (Lipinski definition) is 0. The van der Waals surface area contributed by atoms with Crippen molar-refractivity contribution < 1.29 is 9.18 Å². The summed E-state index contributed by atoms with van der Waals surface area (Å²) in [4.78, 5) is 10.7. The third-order valence-electron chi connectivity index (χ3n) is 1.28. The quantitative estimate of drug-likeness (QED) is 0.495. The number of nitriles is 1. The Morgan fingerprint density at radius 3 is 2.75 bits per heavy atom. The van der Waals surface area contributed by atoms with Crippen molar-refractivity contribution >= 4 is 17.4 Å². The Labute approximate surface area is 73.2 Å². The standard InChI is InChI=1S/C8H3ClFNO/c9-5-1-2-6(7(10)3-5)8(12)4-11/h1-3H. The fraction of sp³-hybridized carbons (Fsp3) is 0. The number of halogens is 2. The van der Waals surface area contributed by atoms with Crippen LogP contribution in [-0.4, -0.2) is 5.78 Å². The van der Waals surface area contributed by atoms with Crippen LogP contribution in [0.5, 0.6) is 0 Å². The molecular weight excluding hydrogens is 181 g/mol. The molecule has 0 saturated heterocycles. The molecule has 0 amide bonds. The van der Waals surface area contributed by atoms with Crippen LogP contribution in [0.25, 0.3) is 0 Å². The van der Waals surface area contributed by atoms with E-state index in [2.05, 4.69) is 0 Å². The molecule has 0 atom stereocenters. The lowest BCUT2D eigenvalue weighted by Crippen LogP contribution is -1.98. The molecule has 0 spiro atoms. The first kappa shape index (κ1) is 8.69. The van der Waals surface area contributed by atoms with Gasteiger partial charge in [0.1, 0.15) is 11.9 Å². The molecule has 1 rings (SSSR count). The van der Waals surface area contributed by atoms with Crippen LogP contribution >= 0.6 is 11.6 Å². The minimum atomic E-state index is -0.899. The van der Waals surface area contributed by atoms with Gasteiger partial charge in [-0.25, -0.2) is 4.39 Å². The molecular formula is C8H3ClFNO. The van der Waals surface area contributed by atoms with Crippen LogP contribution in [0.1, 0.15) is 10.4 Å². The molecule has 0 unspecified atom stereocenters. The van der Waals surface area contributed by atoms with Crippen LogP contribution in [0.2, 0.25) is 5.02 Å². The Hall–Kier alpha value is -1.40. The number of Topliss-reactive ketones (excluding diaryl/α,β-unsaturated/α-hetero) is 1. The first-order chi connectivity index (χ1) is 5.65. The van der Waals surface area contributed by atoms with E-state index in [4.69, 9.17) is 16.9 Å². The van der Waals surface area contributed by atoms with Crippen molar-refractivity contribution in [2.75, 3.05) is 0 Å². The third kappa shape index (κ3) is 1.60. The molecule has 60 valence electrons. The average molecular weight is 184 g/mol. The Morgan fingerprint density at radius 1 is 1.58 bits per heavy atom. The van der Waals surface area contributed by atoms with Crippen LogP contribution in [0.4, 0.5) is 4.39 Å².